The molecule has 28 heavy (non-hydrogen) atoms. The Labute approximate surface area is 166 Å². The molecule has 0 aliphatic heterocycles. The van der Waals surface area contributed by atoms with Crippen molar-refractivity contribution >= 4 is 11.0 Å². The van der Waals surface area contributed by atoms with E-state index in [0.29, 0.717) is 23.5 Å². The fourth-order valence-corrected chi connectivity index (χ4v) is 3.10. The maximum Gasteiger partial charge on any atom is 0.214 e. The van der Waals surface area contributed by atoms with Crippen LogP contribution in [0.4, 0.5) is 0 Å². The van der Waals surface area contributed by atoms with Crippen molar-refractivity contribution in [2.24, 2.45) is 0 Å². The molecule has 2 heterocycles. The number of hydrogen-bond donors (Lipinski definition) is 1. The van der Waals surface area contributed by atoms with Crippen LogP contribution >= 0.6 is 0 Å². The molecule has 1 N–H and O–H groups in total. The molecule has 0 unspecified atom stereocenters. The molecule has 0 saturated heterocycles. The summed E-state index contributed by atoms with van der Waals surface area (Å²) in [6.07, 6.45) is 0. The first-order valence-electron chi connectivity index (χ1n) is 9.58. The zero-order valence-electron chi connectivity index (χ0n) is 17.6. The zero-order chi connectivity index (χ0) is 20.5. The van der Waals surface area contributed by atoms with Gasteiger partial charge in [0.05, 0.1) is 11.2 Å². The Bertz CT molecular complexity index is 1050. The Kier molecular flexibility index (Phi) is 5.57. The highest BCUT2D eigenvalue weighted by Crippen LogP contribution is 2.28. The number of rotatable bonds is 5. The van der Waals surface area contributed by atoms with Gasteiger partial charge in [0, 0.05) is 24.2 Å². The van der Waals surface area contributed by atoms with E-state index in [0.717, 1.165) is 23.4 Å². The summed E-state index contributed by atoms with van der Waals surface area (Å²) in [5.41, 5.74) is 5.33. The molecule has 0 saturated carbocycles. The molecule has 148 valence electrons. The Hall–Kier alpha value is -2.66. The van der Waals surface area contributed by atoms with Crippen molar-refractivity contribution in [2.45, 2.75) is 33.1 Å². The fraction of sp³-hybridized carbons (Fsp3) is 0.391. The van der Waals surface area contributed by atoms with Crippen LogP contribution in [0, 0.1) is 6.92 Å². The van der Waals surface area contributed by atoms with Crippen LogP contribution in [-0.4, -0.2) is 42.1 Å². The third-order valence-electron chi connectivity index (χ3n) is 4.82. The van der Waals surface area contributed by atoms with Crippen LogP contribution in [0.1, 0.15) is 31.9 Å². The van der Waals surface area contributed by atoms with Crippen molar-refractivity contribution in [2.75, 3.05) is 27.2 Å². The zero-order valence-corrected chi connectivity index (χ0v) is 17.6. The number of benzene rings is 1. The molecule has 0 aliphatic carbocycles. The minimum absolute atomic E-state index is 0.0903. The van der Waals surface area contributed by atoms with E-state index in [4.69, 9.17) is 4.74 Å². The van der Waals surface area contributed by atoms with Gasteiger partial charge in [0.1, 0.15) is 12.1 Å². The van der Waals surface area contributed by atoms with E-state index in [1.165, 1.54) is 5.56 Å². The van der Waals surface area contributed by atoms with E-state index < -0.39 is 0 Å². The summed E-state index contributed by atoms with van der Waals surface area (Å²) < 4.78 is 5.65. The number of pyridine rings is 2. The number of aromatic nitrogens is 2. The summed E-state index contributed by atoms with van der Waals surface area (Å²) in [5, 5.41) is 0. The molecule has 0 spiro atoms. The molecule has 3 rings (SSSR count). The lowest BCUT2D eigenvalue weighted by Gasteiger charge is -2.20. The maximum atomic E-state index is 12.7. The van der Waals surface area contributed by atoms with Gasteiger partial charge in [-0.25, -0.2) is 4.98 Å². The van der Waals surface area contributed by atoms with Crippen molar-refractivity contribution in [3.05, 3.63) is 57.7 Å². The largest absolute Gasteiger partial charge is 0.476 e. The fourth-order valence-electron chi connectivity index (χ4n) is 3.10. The predicted molar refractivity (Wildman–Crippen MR) is 115 cm³/mol. The molecular weight excluding hydrogens is 350 g/mol. The van der Waals surface area contributed by atoms with Crippen LogP contribution in [0.25, 0.3) is 22.3 Å². The normalized spacial score (nSPS) is 12.0. The Morgan fingerprint density at radius 3 is 2.50 bits per heavy atom. The molecule has 1 aromatic carbocycles. The second-order valence-electron chi connectivity index (χ2n) is 8.52. The predicted octanol–water partition coefficient (Wildman–Crippen LogP) is 4.14. The molecule has 0 radical (unpaired) electrons. The van der Waals surface area contributed by atoms with Crippen molar-refractivity contribution in [1.29, 1.82) is 0 Å². The second kappa shape index (κ2) is 7.76. The summed E-state index contributed by atoms with van der Waals surface area (Å²) in [6.45, 7) is 9.99. The number of aromatic amines is 1. The Balaban J connectivity index is 1.95. The number of ether oxygens (including phenoxy) is 1. The maximum absolute atomic E-state index is 12.7. The molecule has 5 nitrogen and oxygen atoms in total. The summed E-state index contributed by atoms with van der Waals surface area (Å²) >= 11 is 0. The van der Waals surface area contributed by atoms with Crippen LogP contribution in [-0.2, 0) is 5.41 Å². The number of fused-ring (bicyclic) bond motifs is 1. The molecule has 0 aliphatic rings. The highest BCUT2D eigenvalue weighted by Gasteiger charge is 2.15. The van der Waals surface area contributed by atoms with Crippen LogP contribution in [0.2, 0.25) is 0 Å². The lowest BCUT2D eigenvalue weighted by Crippen LogP contribution is -2.19. The van der Waals surface area contributed by atoms with Gasteiger partial charge in [-0.2, -0.15) is 0 Å². The van der Waals surface area contributed by atoms with Crippen molar-refractivity contribution in [3.8, 4) is 17.1 Å². The first-order valence-corrected chi connectivity index (χ1v) is 9.58. The highest BCUT2D eigenvalue weighted by atomic mass is 16.5. The van der Waals surface area contributed by atoms with Gasteiger partial charge < -0.3 is 14.6 Å². The van der Waals surface area contributed by atoms with E-state index >= 15 is 0 Å². The number of nitrogens with zero attached hydrogens (tertiary/aromatic N) is 2. The Morgan fingerprint density at radius 2 is 1.86 bits per heavy atom. The summed E-state index contributed by atoms with van der Waals surface area (Å²) in [5.74, 6) is 0.471. The lowest BCUT2D eigenvalue weighted by atomic mass is 9.85. The van der Waals surface area contributed by atoms with E-state index in [2.05, 4.69) is 55.9 Å². The SMILES string of the molecule is Cc1cc(C(C)(C)C)ccc1-c1cc(=O)c2nc(OCCN(C)C)ccc2[nH]1. The molecule has 0 bridgehead atoms. The second-order valence-corrected chi connectivity index (χ2v) is 8.52. The number of aryl methyl sites for hydroxylation is 1. The van der Waals surface area contributed by atoms with Crippen LogP contribution in [0.3, 0.4) is 0 Å². The summed E-state index contributed by atoms with van der Waals surface area (Å²) in [7, 11) is 3.97. The van der Waals surface area contributed by atoms with Crippen LogP contribution in [0.5, 0.6) is 5.88 Å². The van der Waals surface area contributed by atoms with E-state index in [9.17, 15) is 4.79 Å². The number of likely N-dealkylation sites (N-methyl/N-ethyl adjacent to an activating group) is 1. The first-order chi connectivity index (χ1) is 13.1. The minimum atomic E-state index is -0.110. The van der Waals surface area contributed by atoms with Crippen molar-refractivity contribution < 1.29 is 4.74 Å². The molecule has 0 atom stereocenters. The molecular formula is C23H29N3O2. The average Bonchev–Trinajstić information content (AvgIpc) is 2.61. The first kappa shape index (κ1) is 20.1. The van der Waals surface area contributed by atoms with Gasteiger partial charge >= 0.3 is 0 Å². The summed E-state index contributed by atoms with van der Waals surface area (Å²) in [4.78, 5) is 22.5. The van der Waals surface area contributed by atoms with Crippen LogP contribution in [0.15, 0.2) is 41.2 Å². The molecule has 5 heteroatoms. The molecule has 2 aromatic heterocycles. The third kappa shape index (κ3) is 4.42. The van der Waals surface area contributed by atoms with Gasteiger partial charge in [-0.1, -0.05) is 39.0 Å². The van der Waals surface area contributed by atoms with Gasteiger partial charge in [-0.15, -0.1) is 0 Å². The van der Waals surface area contributed by atoms with E-state index in [1.54, 1.807) is 12.1 Å². The van der Waals surface area contributed by atoms with Crippen LogP contribution < -0.4 is 10.2 Å². The van der Waals surface area contributed by atoms with E-state index in [1.807, 2.05) is 25.1 Å². The van der Waals surface area contributed by atoms with Gasteiger partial charge in [-0.05, 0) is 43.6 Å². The van der Waals surface area contributed by atoms with Gasteiger partial charge in [0.15, 0.2) is 0 Å². The Morgan fingerprint density at radius 1 is 1.11 bits per heavy atom. The van der Waals surface area contributed by atoms with Gasteiger partial charge in [0.2, 0.25) is 11.3 Å². The van der Waals surface area contributed by atoms with Crippen molar-refractivity contribution in [3.63, 3.8) is 0 Å². The number of nitrogens with one attached hydrogen (secondary N) is 1. The lowest BCUT2D eigenvalue weighted by molar-refractivity contribution is 0.254. The number of H-pyrrole nitrogens is 1. The smallest absolute Gasteiger partial charge is 0.214 e. The molecule has 3 aromatic rings. The summed E-state index contributed by atoms with van der Waals surface area (Å²) in [6, 6.07) is 11.7. The topological polar surface area (TPSA) is 58.2 Å². The quantitative estimate of drug-likeness (QED) is 0.724. The molecule has 0 fully saturated rings. The standard InChI is InChI=1S/C23H29N3O2/c1-15-13-16(23(2,3)4)7-8-17(15)19-14-20(27)22-18(24-19)9-10-21(25-22)28-12-11-26(5)6/h7-10,13-14H,11-12H2,1-6H3,(H,24,27). The number of hydrogen-bond acceptors (Lipinski definition) is 4. The monoisotopic (exact) mass is 379 g/mol. The molecule has 0 amide bonds. The van der Waals surface area contributed by atoms with E-state index in [-0.39, 0.29) is 10.8 Å². The van der Waals surface area contributed by atoms with Gasteiger partial charge in [0.25, 0.3) is 0 Å². The van der Waals surface area contributed by atoms with Gasteiger partial charge in [-0.3, -0.25) is 4.79 Å². The third-order valence-corrected chi connectivity index (χ3v) is 4.82. The van der Waals surface area contributed by atoms with Crippen molar-refractivity contribution in [1.82, 2.24) is 14.9 Å². The highest BCUT2D eigenvalue weighted by molar-refractivity contribution is 5.79. The minimum Gasteiger partial charge on any atom is -0.476 e. The average molecular weight is 380 g/mol.